The summed E-state index contributed by atoms with van der Waals surface area (Å²) in [4.78, 5) is 35.3. The van der Waals surface area contributed by atoms with Crippen molar-refractivity contribution in [3.63, 3.8) is 0 Å². The molecule has 0 aliphatic carbocycles. The van der Waals surface area contributed by atoms with Gasteiger partial charge in [0.2, 0.25) is 5.91 Å². The number of rotatable bonds is 7. The third-order valence-corrected chi connectivity index (χ3v) is 5.61. The molecule has 0 atom stereocenters. The zero-order chi connectivity index (χ0) is 19.2. The molecule has 0 saturated carbocycles. The number of carbonyl (C=O) groups excluding carboxylic acids is 1. The van der Waals surface area contributed by atoms with Gasteiger partial charge in [0.25, 0.3) is 5.56 Å². The number of anilines is 1. The molecule has 0 bridgehead atoms. The Morgan fingerprint density at radius 2 is 2.19 bits per heavy atom. The Morgan fingerprint density at radius 1 is 1.33 bits per heavy atom. The summed E-state index contributed by atoms with van der Waals surface area (Å²) in [5, 5.41) is 5.68. The van der Waals surface area contributed by atoms with Crippen molar-refractivity contribution in [2.24, 2.45) is 0 Å². The highest BCUT2D eigenvalue weighted by Gasteiger charge is 2.10. The van der Waals surface area contributed by atoms with E-state index in [1.54, 1.807) is 0 Å². The number of carbonyl (C=O) groups is 1. The number of nitrogens with zero attached hydrogens (tertiary/aromatic N) is 2. The van der Waals surface area contributed by atoms with Crippen LogP contribution < -0.4 is 10.9 Å². The summed E-state index contributed by atoms with van der Waals surface area (Å²) in [5.41, 5.74) is 2.32. The van der Waals surface area contributed by atoms with Crippen LogP contribution in [-0.2, 0) is 11.2 Å². The minimum absolute atomic E-state index is 0.143. The first-order valence-electron chi connectivity index (χ1n) is 8.28. The lowest BCUT2D eigenvalue weighted by Crippen LogP contribution is -2.15. The Bertz CT molecular complexity index is 1000. The number of halogens is 1. The number of thiazole rings is 1. The lowest BCUT2D eigenvalue weighted by atomic mass is 10.2. The molecule has 1 aromatic carbocycles. The monoisotopic (exact) mass is 464 g/mol. The van der Waals surface area contributed by atoms with E-state index in [2.05, 4.69) is 36.2 Å². The number of H-pyrrole nitrogens is 1. The molecule has 2 heterocycles. The Balaban J connectivity index is 1.59. The topological polar surface area (TPSA) is 87.7 Å². The molecule has 0 unspecified atom stereocenters. The van der Waals surface area contributed by atoms with Gasteiger partial charge in [0.15, 0.2) is 10.3 Å². The summed E-state index contributed by atoms with van der Waals surface area (Å²) in [6.07, 6.45) is 1.65. The minimum atomic E-state index is -0.199. The first-order chi connectivity index (χ1) is 13.0. The highest BCUT2D eigenvalue weighted by molar-refractivity contribution is 9.10. The summed E-state index contributed by atoms with van der Waals surface area (Å²) in [5.74, 6) is -0.0525. The van der Waals surface area contributed by atoms with Gasteiger partial charge in [0, 0.05) is 27.2 Å². The standard InChI is InChI=1S/C18H17BrN4O2S2/c1-2-4-13-8-15(24)22-17(20-13)27-10-16(25)23-18-21-14(9-26-18)11-5-3-6-12(19)7-11/h3,5-9H,2,4,10H2,1H3,(H,20,22,24)(H,21,23,25). The van der Waals surface area contributed by atoms with E-state index in [1.165, 1.54) is 29.2 Å². The summed E-state index contributed by atoms with van der Waals surface area (Å²) in [6, 6.07) is 9.32. The smallest absolute Gasteiger partial charge is 0.251 e. The van der Waals surface area contributed by atoms with Crippen molar-refractivity contribution in [2.45, 2.75) is 24.9 Å². The molecule has 0 aliphatic heterocycles. The second kappa shape index (κ2) is 9.29. The second-order valence-electron chi connectivity index (χ2n) is 5.68. The maximum Gasteiger partial charge on any atom is 0.251 e. The average Bonchev–Trinajstić information content (AvgIpc) is 3.08. The van der Waals surface area contributed by atoms with Crippen molar-refractivity contribution >= 4 is 50.1 Å². The van der Waals surface area contributed by atoms with E-state index in [0.717, 1.165) is 34.3 Å². The number of hydrogen-bond acceptors (Lipinski definition) is 6. The highest BCUT2D eigenvalue weighted by atomic mass is 79.9. The molecule has 0 fully saturated rings. The third kappa shape index (κ3) is 5.75. The summed E-state index contributed by atoms with van der Waals surface area (Å²) in [7, 11) is 0. The zero-order valence-electron chi connectivity index (χ0n) is 14.5. The first kappa shape index (κ1) is 19.8. The van der Waals surface area contributed by atoms with Crippen LogP contribution in [0.4, 0.5) is 5.13 Å². The fraction of sp³-hybridized carbons (Fsp3) is 0.222. The fourth-order valence-electron chi connectivity index (χ4n) is 2.34. The predicted molar refractivity (Wildman–Crippen MR) is 113 cm³/mol. The van der Waals surface area contributed by atoms with Crippen molar-refractivity contribution in [3.8, 4) is 11.3 Å². The van der Waals surface area contributed by atoms with Crippen LogP contribution in [-0.4, -0.2) is 26.6 Å². The maximum absolute atomic E-state index is 12.2. The van der Waals surface area contributed by atoms with Gasteiger partial charge in [-0.3, -0.25) is 9.59 Å². The number of aromatic amines is 1. The van der Waals surface area contributed by atoms with Crippen molar-refractivity contribution in [1.29, 1.82) is 0 Å². The lowest BCUT2D eigenvalue weighted by Gasteiger charge is -2.03. The molecule has 3 rings (SSSR count). The van der Waals surface area contributed by atoms with Gasteiger partial charge >= 0.3 is 0 Å². The van der Waals surface area contributed by atoms with Gasteiger partial charge in [-0.1, -0.05) is 53.2 Å². The number of thioether (sulfide) groups is 1. The largest absolute Gasteiger partial charge is 0.301 e. The summed E-state index contributed by atoms with van der Waals surface area (Å²) in [6.45, 7) is 2.03. The third-order valence-electron chi connectivity index (χ3n) is 3.49. The molecule has 6 nitrogen and oxygen atoms in total. The number of benzene rings is 1. The highest BCUT2D eigenvalue weighted by Crippen LogP contribution is 2.27. The predicted octanol–water partition coefficient (Wildman–Crippen LogP) is 4.34. The fourth-order valence-corrected chi connectivity index (χ4v) is 4.17. The van der Waals surface area contributed by atoms with Gasteiger partial charge in [-0.2, -0.15) is 0 Å². The number of aromatic nitrogens is 3. The SMILES string of the molecule is CCCc1cc(=O)[nH]c(SCC(=O)Nc2nc(-c3cccc(Br)c3)cs2)n1. The molecule has 0 radical (unpaired) electrons. The molecule has 27 heavy (non-hydrogen) atoms. The molecule has 0 aliphatic rings. The Labute approximate surface area is 173 Å². The van der Waals surface area contributed by atoms with Crippen LogP contribution in [0.5, 0.6) is 0 Å². The van der Waals surface area contributed by atoms with Gasteiger partial charge in [0.05, 0.1) is 11.4 Å². The van der Waals surface area contributed by atoms with Gasteiger partial charge < -0.3 is 10.3 Å². The van der Waals surface area contributed by atoms with E-state index >= 15 is 0 Å². The molecular weight excluding hydrogens is 448 g/mol. The van der Waals surface area contributed by atoms with Crippen LogP contribution in [0.1, 0.15) is 19.0 Å². The number of nitrogens with one attached hydrogen (secondary N) is 2. The molecule has 2 N–H and O–H groups in total. The Kier molecular flexibility index (Phi) is 6.81. The van der Waals surface area contributed by atoms with Crippen LogP contribution in [0.2, 0.25) is 0 Å². The normalized spacial score (nSPS) is 10.7. The molecule has 2 aromatic heterocycles. The van der Waals surface area contributed by atoms with E-state index in [-0.39, 0.29) is 17.2 Å². The summed E-state index contributed by atoms with van der Waals surface area (Å²) < 4.78 is 0.974. The van der Waals surface area contributed by atoms with E-state index in [0.29, 0.717) is 10.3 Å². The van der Waals surface area contributed by atoms with Crippen LogP contribution in [0.3, 0.4) is 0 Å². The van der Waals surface area contributed by atoms with Crippen molar-refractivity contribution in [1.82, 2.24) is 15.0 Å². The molecule has 9 heteroatoms. The summed E-state index contributed by atoms with van der Waals surface area (Å²) >= 11 is 6.01. The number of hydrogen-bond donors (Lipinski definition) is 2. The van der Waals surface area contributed by atoms with Crippen LogP contribution >= 0.6 is 39.0 Å². The number of aryl methyl sites for hydroxylation is 1. The van der Waals surface area contributed by atoms with Crippen LogP contribution in [0.25, 0.3) is 11.3 Å². The minimum Gasteiger partial charge on any atom is -0.301 e. The average molecular weight is 465 g/mol. The molecule has 1 amide bonds. The van der Waals surface area contributed by atoms with Crippen molar-refractivity contribution in [3.05, 3.63) is 56.2 Å². The van der Waals surface area contributed by atoms with Gasteiger partial charge in [0.1, 0.15) is 0 Å². The zero-order valence-corrected chi connectivity index (χ0v) is 17.7. The quantitative estimate of drug-likeness (QED) is 0.401. The van der Waals surface area contributed by atoms with Crippen LogP contribution in [0, 0.1) is 0 Å². The van der Waals surface area contributed by atoms with E-state index in [4.69, 9.17) is 0 Å². The van der Waals surface area contributed by atoms with Crippen molar-refractivity contribution in [2.75, 3.05) is 11.1 Å². The Hall–Kier alpha value is -1.97. The molecular formula is C18H17BrN4O2S2. The molecule has 140 valence electrons. The van der Waals surface area contributed by atoms with Gasteiger partial charge in [-0.15, -0.1) is 11.3 Å². The van der Waals surface area contributed by atoms with E-state index in [9.17, 15) is 9.59 Å². The molecule has 0 spiro atoms. The molecule has 0 saturated heterocycles. The van der Waals surface area contributed by atoms with E-state index < -0.39 is 0 Å². The lowest BCUT2D eigenvalue weighted by molar-refractivity contribution is -0.113. The van der Waals surface area contributed by atoms with Crippen molar-refractivity contribution < 1.29 is 4.79 Å². The van der Waals surface area contributed by atoms with Crippen LogP contribution in [0.15, 0.2) is 50.1 Å². The molecule has 3 aromatic rings. The Morgan fingerprint density at radius 3 is 2.96 bits per heavy atom. The number of amides is 1. The maximum atomic E-state index is 12.2. The van der Waals surface area contributed by atoms with Gasteiger partial charge in [-0.25, -0.2) is 9.97 Å². The van der Waals surface area contributed by atoms with E-state index in [1.807, 2.05) is 36.6 Å². The van der Waals surface area contributed by atoms with Gasteiger partial charge in [-0.05, 0) is 18.6 Å². The second-order valence-corrected chi connectivity index (χ2v) is 8.41. The first-order valence-corrected chi connectivity index (χ1v) is 10.9.